The van der Waals surface area contributed by atoms with Gasteiger partial charge in [0.2, 0.25) is 5.91 Å². The molecule has 0 saturated carbocycles. The van der Waals surface area contributed by atoms with E-state index in [1.165, 1.54) is 0 Å². The van der Waals surface area contributed by atoms with Crippen molar-refractivity contribution in [2.45, 2.75) is 38.3 Å². The first kappa shape index (κ1) is 15.7. The molecule has 1 heterocycles. The van der Waals surface area contributed by atoms with Gasteiger partial charge in [-0.25, -0.2) is 4.79 Å². The lowest BCUT2D eigenvalue weighted by Gasteiger charge is -2.33. The highest BCUT2D eigenvalue weighted by molar-refractivity contribution is 5.86. The van der Waals surface area contributed by atoms with E-state index in [4.69, 9.17) is 10.5 Å². The molecule has 7 nitrogen and oxygen atoms in total. The fourth-order valence-corrected chi connectivity index (χ4v) is 1.98. The standard InChI is InChI=1S/C12H23N3O4/c1-8(2)9(15-11(13)17)10(16)14-7-12(18)3-5-19-6-4-12/h8-9,18H,3-7H2,1-2H3,(H,14,16)(H3,13,15,17). The third-order valence-electron chi connectivity index (χ3n) is 3.26. The number of aliphatic hydroxyl groups is 1. The van der Waals surface area contributed by atoms with Crippen LogP contribution in [0, 0.1) is 5.92 Å². The summed E-state index contributed by atoms with van der Waals surface area (Å²) < 4.78 is 5.16. The Morgan fingerprint density at radius 1 is 1.37 bits per heavy atom. The summed E-state index contributed by atoms with van der Waals surface area (Å²) in [5.41, 5.74) is 4.11. The lowest BCUT2D eigenvalue weighted by atomic mass is 9.94. The second-order valence-electron chi connectivity index (χ2n) is 5.28. The van der Waals surface area contributed by atoms with Crippen LogP contribution < -0.4 is 16.4 Å². The Balaban J connectivity index is 2.49. The Hall–Kier alpha value is -1.34. The number of rotatable bonds is 5. The van der Waals surface area contributed by atoms with Gasteiger partial charge in [0.25, 0.3) is 0 Å². The predicted octanol–water partition coefficient (Wildman–Crippen LogP) is -0.663. The second-order valence-corrected chi connectivity index (χ2v) is 5.28. The van der Waals surface area contributed by atoms with E-state index in [0.29, 0.717) is 26.1 Å². The Labute approximate surface area is 112 Å². The van der Waals surface area contributed by atoms with Crippen molar-refractivity contribution in [3.05, 3.63) is 0 Å². The molecule has 1 aliphatic rings. The average molecular weight is 273 g/mol. The normalized spacial score (nSPS) is 19.8. The van der Waals surface area contributed by atoms with Crippen LogP contribution in [0.15, 0.2) is 0 Å². The first-order valence-electron chi connectivity index (χ1n) is 6.48. The van der Waals surface area contributed by atoms with E-state index >= 15 is 0 Å². The molecule has 19 heavy (non-hydrogen) atoms. The molecule has 3 amide bonds. The van der Waals surface area contributed by atoms with E-state index in [2.05, 4.69) is 10.6 Å². The van der Waals surface area contributed by atoms with Crippen LogP contribution in [0.2, 0.25) is 0 Å². The zero-order valence-corrected chi connectivity index (χ0v) is 11.4. The summed E-state index contributed by atoms with van der Waals surface area (Å²) in [6.07, 6.45) is 0.978. The summed E-state index contributed by atoms with van der Waals surface area (Å²) in [5, 5.41) is 15.3. The Bertz CT molecular complexity index is 327. The van der Waals surface area contributed by atoms with Crippen LogP contribution in [0.3, 0.4) is 0 Å². The topological polar surface area (TPSA) is 114 Å². The van der Waals surface area contributed by atoms with Crippen LogP contribution in [-0.2, 0) is 9.53 Å². The van der Waals surface area contributed by atoms with Gasteiger partial charge in [0.15, 0.2) is 0 Å². The second kappa shape index (κ2) is 6.72. The summed E-state index contributed by atoms with van der Waals surface area (Å²) in [7, 11) is 0. The fraction of sp³-hybridized carbons (Fsp3) is 0.833. The van der Waals surface area contributed by atoms with Crippen LogP contribution in [-0.4, -0.2) is 48.4 Å². The van der Waals surface area contributed by atoms with Crippen molar-refractivity contribution in [1.29, 1.82) is 0 Å². The van der Waals surface area contributed by atoms with Crippen LogP contribution in [0.4, 0.5) is 4.79 Å². The first-order valence-corrected chi connectivity index (χ1v) is 6.48. The van der Waals surface area contributed by atoms with Gasteiger partial charge in [0.05, 0.1) is 5.60 Å². The maximum atomic E-state index is 12.0. The molecule has 110 valence electrons. The Kier molecular flexibility index (Phi) is 5.56. The largest absolute Gasteiger partial charge is 0.388 e. The lowest BCUT2D eigenvalue weighted by Crippen LogP contribution is -2.54. The number of hydrogen-bond acceptors (Lipinski definition) is 4. The highest BCUT2D eigenvalue weighted by Gasteiger charge is 2.32. The molecule has 0 spiro atoms. The molecule has 1 aliphatic heterocycles. The first-order chi connectivity index (χ1) is 8.84. The smallest absolute Gasteiger partial charge is 0.312 e. The number of urea groups is 1. The maximum Gasteiger partial charge on any atom is 0.312 e. The number of primary amides is 1. The monoisotopic (exact) mass is 273 g/mol. The maximum absolute atomic E-state index is 12.0. The quantitative estimate of drug-likeness (QED) is 0.532. The number of nitrogens with one attached hydrogen (secondary N) is 2. The van der Waals surface area contributed by atoms with Gasteiger partial charge in [-0.2, -0.15) is 0 Å². The summed E-state index contributed by atoms with van der Waals surface area (Å²) in [6.45, 7) is 4.74. The zero-order valence-electron chi connectivity index (χ0n) is 11.4. The molecule has 0 aliphatic carbocycles. The highest BCUT2D eigenvalue weighted by atomic mass is 16.5. The number of carbonyl (C=O) groups is 2. The summed E-state index contributed by atoms with van der Waals surface area (Å²) in [4.78, 5) is 22.8. The molecule has 7 heteroatoms. The molecule has 5 N–H and O–H groups in total. The van der Waals surface area contributed by atoms with Gasteiger partial charge in [-0.1, -0.05) is 13.8 Å². The molecule has 1 saturated heterocycles. The van der Waals surface area contributed by atoms with Crippen LogP contribution in [0.5, 0.6) is 0 Å². The zero-order chi connectivity index (χ0) is 14.5. The molecule has 0 aromatic carbocycles. The van der Waals surface area contributed by atoms with E-state index in [0.717, 1.165) is 0 Å². The van der Waals surface area contributed by atoms with E-state index in [1.807, 2.05) is 13.8 Å². The van der Waals surface area contributed by atoms with Crippen LogP contribution >= 0.6 is 0 Å². The van der Waals surface area contributed by atoms with Gasteiger partial charge in [0, 0.05) is 32.6 Å². The molecule has 1 rings (SSSR count). The number of amides is 3. The van der Waals surface area contributed by atoms with Crippen molar-refractivity contribution in [2.24, 2.45) is 11.7 Å². The van der Waals surface area contributed by atoms with E-state index < -0.39 is 17.7 Å². The van der Waals surface area contributed by atoms with Crippen molar-refractivity contribution in [3.63, 3.8) is 0 Å². The fourth-order valence-electron chi connectivity index (χ4n) is 1.98. The molecular formula is C12H23N3O4. The van der Waals surface area contributed by atoms with Gasteiger partial charge < -0.3 is 26.2 Å². The Morgan fingerprint density at radius 2 is 1.95 bits per heavy atom. The number of carbonyl (C=O) groups excluding carboxylic acids is 2. The van der Waals surface area contributed by atoms with Crippen molar-refractivity contribution < 1.29 is 19.4 Å². The number of nitrogens with two attached hydrogens (primary N) is 1. The summed E-state index contributed by atoms with van der Waals surface area (Å²) in [6, 6.07) is -1.43. The van der Waals surface area contributed by atoms with Gasteiger partial charge in [-0.05, 0) is 5.92 Å². The minimum absolute atomic E-state index is 0.0863. The molecule has 0 radical (unpaired) electrons. The van der Waals surface area contributed by atoms with Crippen LogP contribution in [0.25, 0.3) is 0 Å². The molecule has 0 bridgehead atoms. The number of hydrogen-bond donors (Lipinski definition) is 4. The molecule has 1 fully saturated rings. The predicted molar refractivity (Wildman–Crippen MR) is 69.4 cm³/mol. The van der Waals surface area contributed by atoms with Gasteiger partial charge >= 0.3 is 6.03 Å². The van der Waals surface area contributed by atoms with E-state index in [-0.39, 0.29) is 18.4 Å². The third kappa shape index (κ3) is 5.04. The van der Waals surface area contributed by atoms with Crippen molar-refractivity contribution in [2.75, 3.05) is 19.8 Å². The van der Waals surface area contributed by atoms with Crippen molar-refractivity contribution >= 4 is 11.9 Å². The van der Waals surface area contributed by atoms with Gasteiger partial charge in [-0.3, -0.25) is 4.79 Å². The van der Waals surface area contributed by atoms with Crippen molar-refractivity contribution in [3.8, 4) is 0 Å². The Morgan fingerprint density at radius 3 is 2.42 bits per heavy atom. The minimum atomic E-state index is -0.928. The molecule has 1 atom stereocenters. The van der Waals surface area contributed by atoms with Gasteiger partial charge in [0.1, 0.15) is 6.04 Å². The molecular weight excluding hydrogens is 250 g/mol. The third-order valence-corrected chi connectivity index (χ3v) is 3.26. The molecule has 0 aromatic heterocycles. The average Bonchev–Trinajstić information content (AvgIpc) is 2.33. The van der Waals surface area contributed by atoms with E-state index in [1.54, 1.807) is 0 Å². The molecule has 0 aromatic rings. The lowest BCUT2D eigenvalue weighted by molar-refractivity contribution is -0.126. The molecule has 1 unspecified atom stereocenters. The highest BCUT2D eigenvalue weighted by Crippen LogP contribution is 2.19. The van der Waals surface area contributed by atoms with Gasteiger partial charge in [-0.15, -0.1) is 0 Å². The number of ether oxygens (including phenoxy) is 1. The SMILES string of the molecule is CC(C)C(NC(N)=O)C(=O)NCC1(O)CCOCC1. The van der Waals surface area contributed by atoms with Crippen LogP contribution in [0.1, 0.15) is 26.7 Å². The minimum Gasteiger partial charge on any atom is -0.388 e. The summed E-state index contributed by atoms with van der Waals surface area (Å²) >= 11 is 0. The summed E-state index contributed by atoms with van der Waals surface area (Å²) in [5.74, 6) is -0.425. The van der Waals surface area contributed by atoms with Crippen molar-refractivity contribution in [1.82, 2.24) is 10.6 Å². The van der Waals surface area contributed by atoms with E-state index in [9.17, 15) is 14.7 Å².